The molecule has 0 spiro atoms. The monoisotopic (exact) mass is 327 g/mol. The summed E-state index contributed by atoms with van der Waals surface area (Å²) in [5.41, 5.74) is 0.186. The third-order valence-corrected chi connectivity index (χ3v) is 6.29. The zero-order valence-corrected chi connectivity index (χ0v) is 14.5. The number of rotatable bonds is 4. The van der Waals surface area contributed by atoms with Gasteiger partial charge in [-0.25, -0.2) is 12.8 Å². The van der Waals surface area contributed by atoms with Crippen LogP contribution in [0.25, 0.3) is 0 Å². The number of piperidine rings is 1. The first-order valence-electron chi connectivity index (χ1n) is 7.92. The van der Waals surface area contributed by atoms with Crippen LogP contribution in [0.3, 0.4) is 0 Å². The fourth-order valence-electron chi connectivity index (χ4n) is 2.97. The molecule has 0 bridgehead atoms. The average molecular weight is 327 g/mol. The van der Waals surface area contributed by atoms with E-state index >= 15 is 0 Å². The molecule has 0 atom stereocenters. The summed E-state index contributed by atoms with van der Waals surface area (Å²) in [6, 6.07) is 5.11. The molecule has 0 saturated carbocycles. The summed E-state index contributed by atoms with van der Waals surface area (Å²) in [7, 11) is -3.30. The standard InChI is InChI=1S/C17H26FNO2S/c1-17(2,3)19-11-8-14(9-12-19)10-13-22(20,21)16-6-4-15(18)5-7-16/h4-7,14H,8-13H2,1-3H3. The van der Waals surface area contributed by atoms with E-state index in [0.29, 0.717) is 12.3 Å². The molecule has 1 aromatic carbocycles. The van der Waals surface area contributed by atoms with Gasteiger partial charge in [-0.05, 0) is 83.3 Å². The van der Waals surface area contributed by atoms with Crippen molar-refractivity contribution in [1.29, 1.82) is 0 Å². The molecule has 0 radical (unpaired) electrons. The van der Waals surface area contributed by atoms with Crippen LogP contribution in [0.1, 0.15) is 40.0 Å². The van der Waals surface area contributed by atoms with Crippen molar-refractivity contribution in [1.82, 2.24) is 4.90 Å². The zero-order chi connectivity index (χ0) is 16.4. The number of sulfone groups is 1. The molecule has 3 nitrogen and oxygen atoms in total. The lowest BCUT2D eigenvalue weighted by Gasteiger charge is -2.40. The minimum Gasteiger partial charge on any atom is -0.298 e. The van der Waals surface area contributed by atoms with E-state index < -0.39 is 15.7 Å². The van der Waals surface area contributed by atoms with Gasteiger partial charge in [0.25, 0.3) is 0 Å². The van der Waals surface area contributed by atoms with Crippen LogP contribution in [0.2, 0.25) is 0 Å². The third kappa shape index (κ3) is 4.53. The highest BCUT2D eigenvalue weighted by Gasteiger charge is 2.27. The Morgan fingerprint density at radius 1 is 1.14 bits per heavy atom. The van der Waals surface area contributed by atoms with E-state index in [1.165, 1.54) is 24.3 Å². The Morgan fingerprint density at radius 3 is 2.18 bits per heavy atom. The third-order valence-electron chi connectivity index (χ3n) is 4.53. The molecule has 22 heavy (non-hydrogen) atoms. The zero-order valence-electron chi connectivity index (χ0n) is 13.7. The molecule has 1 saturated heterocycles. The van der Waals surface area contributed by atoms with E-state index in [2.05, 4.69) is 25.7 Å². The van der Waals surface area contributed by atoms with Crippen molar-refractivity contribution in [2.24, 2.45) is 5.92 Å². The summed E-state index contributed by atoms with van der Waals surface area (Å²) in [6.45, 7) is 8.71. The lowest BCUT2D eigenvalue weighted by atomic mass is 9.91. The molecule has 124 valence electrons. The highest BCUT2D eigenvalue weighted by Crippen LogP contribution is 2.27. The van der Waals surface area contributed by atoms with Crippen molar-refractivity contribution in [3.05, 3.63) is 30.1 Å². The van der Waals surface area contributed by atoms with Gasteiger partial charge in [-0.3, -0.25) is 4.90 Å². The van der Waals surface area contributed by atoms with Gasteiger partial charge < -0.3 is 0 Å². The molecule has 0 amide bonds. The van der Waals surface area contributed by atoms with Crippen molar-refractivity contribution in [2.45, 2.75) is 50.5 Å². The van der Waals surface area contributed by atoms with Crippen LogP contribution in [0.5, 0.6) is 0 Å². The normalized spacial score (nSPS) is 18.5. The van der Waals surface area contributed by atoms with Gasteiger partial charge in [0.2, 0.25) is 0 Å². The second-order valence-electron chi connectivity index (χ2n) is 7.16. The van der Waals surface area contributed by atoms with Crippen LogP contribution in [0, 0.1) is 11.7 Å². The summed E-state index contributed by atoms with van der Waals surface area (Å²) in [5.74, 6) is 0.209. The predicted molar refractivity (Wildman–Crippen MR) is 87.1 cm³/mol. The molecule has 1 fully saturated rings. The van der Waals surface area contributed by atoms with Crippen molar-refractivity contribution in [3.8, 4) is 0 Å². The molecule has 1 aromatic rings. The maximum Gasteiger partial charge on any atom is 0.178 e. The molecule has 0 aliphatic carbocycles. The van der Waals surface area contributed by atoms with Crippen molar-refractivity contribution >= 4 is 9.84 Å². The number of likely N-dealkylation sites (tertiary alicyclic amines) is 1. The molecule has 1 heterocycles. The molecule has 0 aromatic heterocycles. The van der Waals surface area contributed by atoms with Crippen LogP contribution >= 0.6 is 0 Å². The molecule has 0 N–H and O–H groups in total. The Bertz CT molecular complexity index is 582. The maximum atomic E-state index is 12.9. The smallest absolute Gasteiger partial charge is 0.178 e. The molecular weight excluding hydrogens is 301 g/mol. The van der Waals surface area contributed by atoms with Gasteiger partial charge >= 0.3 is 0 Å². The fraction of sp³-hybridized carbons (Fsp3) is 0.647. The van der Waals surface area contributed by atoms with Crippen LogP contribution < -0.4 is 0 Å². The largest absolute Gasteiger partial charge is 0.298 e. The maximum absolute atomic E-state index is 12.9. The summed E-state index contributed by atoms with van der Waals surface area (Å²) in [6.07, 6.45) is 2.80. The lowest BCUT2D eigenvalue weighted by Crippen LogP contribution is -2.46. The van der Waals surface area contributed by atoms with Crippen LogP contribution in [0.15, 0.2) is 29.2 Å². The number of hydrogen-bond acceptors (Lipinski definition) is 3. The summed E-state index contributed by atoms with van der Waals surface area (Å²) in [4.78, 5) is 2.68. The van der Waals surface area contributed by atoms with Gasteiger partial charge in [-0.2, -0.15) is 0 Å². The Balaban J connectivity index is 1.87. The second kappa shape index (κ2) is 6.67. The minimum atomic E-state index is -3.30. The van der Waals surface area contributed by atoms with Crippen LogP contribution in [0.4, 0.5) is 4.39 Å². The first-order valence-corrected chi connectivity index (χ1v) is 9.57. The SMILES string of the molecule is CC(C)(C)N1CCC(CCS(=O)(=O)c2ccc(F)cc2)CC1. The molecule has 1 aliphatic heterocycles. The van der Waals surface area contributed by atoms with E-state index in [1.54, 1.807) is 0 Å². The molecule has 1 aliphatic rings. The van der Waals surface area contributed by atoms with Crippen LogP contribution in [-0.2, 0) is 9.84 Å². The topological polar surface area (TPSA) is 37.4 Å². The van der Waals surface area contributed by atoms with E-state index in [0.717, 1.165) is 25.9 Å². The van der Waals surface area contributed by atoms with Gasteiger partial charge in [0.15, 0.2) is 9.84 Å². The summed E-state index contributed by atoms with van der Waals surface area (Å²) >= 11 is 0. The van der Waals surface area contributed by atoms with Gasteiger partial charge in [0, 0.05) is 5.54 Å². The number of benzene rings is 1. The molecule has 2 rings (SSSR count). The second-order valence-corrected chi connectivity index (χ2v) is 9.27. The highest BCUT2D eigenvalue weighted by molar-refractivity contribution is 7.91. The van der Waals surface area contributed by atoms with E-state index in [9.17, 15) is 12.8 Å². The summed E-state index contributed by atoms with van der Waals surface area (Å²) in [5, 5.41) is 0. The molecular formula is C17H26FNO2S. The van der Waals surface area contributed by atoms with E-state index in [-0.39, 0.29) is 16.2 Å². The fourth-order valence-corrected chi connectivity index (χ4v) is 4.40. The Labute approximate surface area is 133 Å². The van der Waals surface area contributed by atoms with Crippen molar-refractivity contribution in [3.63, 3.8) is 0 Å². The number of hydrogen-bond donors (Lipinski definition) is 0. The van der Waals surface area contributed by atoms with Gasteiger partial charge in [-0.1, -0.05) is 0 Å². The van der Waals surface area contributed by atoms with Crippen LogP contribution in [-0.4, -0.2) is 37.7 Å². The molecule has 5 heteroatoms. The Morgan fingerprint density at radius 2 is 1.68 bits per heavy atom. The highest BCUT2D eigenvalue weighted by atomic mass is 32.2. The minimum absolute atomic E-state index is 0.152. The Kier molecular flexibility index (Phi) is 5.28. The van der Waals surface area contributed by atoms with Crippen molar-refractivity contribution < 1.29 is 12.8 Å². The van der Waals surface area contributed by atoms with Gasteiger partial charge in [-0.15, -0.1) is 0 Å². The van der Waals surface area contributed by atoms with Gasteiger partial charge in [0.1, 0.15) is 5.82 Å². The predicted octanol–water partition coefficient (Wildman–Crippen LogP) is 3.50. The Hall–Kier alpha value is -0.940. The lowest BCUT2D eigenvalue weighted by molar-refractivity contribution is 0.0868. The average Bonchev–Trinajstić information content (AvgIpc) is 2.45. The molecule has 0 unspecified atom stereocenters. The van der Waals surface area contributed by atoms with Crippen molar-refractivity contribution in [2.75, 3.05) is 18.8 Å². The first kappa shape index (κ1) is 17.4. The summed E-state index contributed by atoms with van der Waals surface area (Å²) < 4.78 is 37.4. The van der Waals surface area contributed by atoms with E-state index in [4.69, 9.17) is 0 Å². The number of halogens is 1. The van der Waals surface area contributed by atoms with E-state index in [1.807, 2.05) is 0 Å². The number of nitrogens with zero attached hydrogens (tertiary/aromatic N) is 1. The quantitative estimate of drug-likeness (QED) is 0.794. The first-order chi connectivity index (χ1) is 10.2. The van der Waals surface area contributed by atoms with Gasteiger partial charge in [0.05, 0.1) is 10.6 Å².